The number of nitrogens with zero attached hydrogens (tertiary/aromatic N) is 2. The molecule has 0 saturated heterocycles. The van der Waals surface area contributed by atoms with Crippen molar-refractivity contribution < 1.29 is 13.2 Å². The summed E-state index contributed by atoms with van der Waals surface area (Å²) in [5, 5.41) is 4.78. The van der Waals surface area contributed by atoms with Crippen molar-refractivity contribution in [3.8, 4) is 0 Å². The van der Waals surface area contributed by atoms with Crippen LogP contribution in [-0.2, 0) is 14.8 Å². The lowest BCUT2D eigenvalue weighted by Crippen LogP contribution is -2.39. The molecule has 2 rings (SSSR count). The second-order valence-electron chi connectivity index (χ2n) is 5.22. The maximum absolute atomic E-state index is 12.1. The van der Waals surface area contributed by atoms with E-state index in [0.717, 1.165) is 10.6 Å². The molecule has 0 heterocycles. The number of carbonyl (C=O) groups excluding carboxylic acids is 1. The zero-order chi connectivity index (χ0) is 19.3. The topological polar surface area (TPSA) is 78.8 Å². The van der Waals surface area contributed by atoms with Crippen LogP contribution in [0.15, 0.2) is 47.6 Å². The molecule has 0 radical (unpaired) electrons. The van der Waals surface area contributed by atoms with Gasteiger partial charge in [0.15, 0.2) is 0 Å². The Morgan fingerprint density at radius 3 is 2.50 bits per heavy atom. The van der Waals surface area contributed by atoms with E-state index in [0.29, 0.717) is 10.6 Å². The first-order valence-corrected chi connectivity index (χ1v) is 10.2. The van der Waals surface area contributed by atoms with Crippen LogP contribution in [0.1, 0.15) is 5.56 Å². The van der Waals surface area contributed by atoms with Crippen molar-refractivity contribution in [2.45, 2.75) is 0 Å². The first kappa shape index (κ1) is 20.5. The van der Waals surface area contributed by atoms with Gasteiger partial charge < -0.3 is 0 Å². The van der Waals surface area contributed by atoms with Crippen molar-refractivity contribution in [1.29, 1.82) is 0 Å². The highest BCUT2D eigenvalue weighted by Crippen LogP contribution is 2.28. The summed E-state index contributed by atoms with van der Waals surface area (Å²) in [5.74, 6) is -0.625. The number of hydrogen-bond donors (Lipinski definition) is 1. The third-order valence-corrected chi connectivity index (χ3v) is 5.24. The number of carbonyl (C=O) groups is 1. The van der Waals surface area contributed by atoms with E-state index in [1.165, 1.54) is 24.4 Å². The minimum absolute atomic E-state index is 0.178. The summed E-state index contributed by atoms with van der Waals surface area (Å²) in [6.07, 6.45) is 2.38. The molecule has 6 nitrogen and oxygen atoms in total. The van der Waals surface area contributed by atoms with E-state index in [4.69, 9.17) is 34.8 Å². The predicted octanol–water partition coefficient (Wildman–Crippen LogP) is 3.56. The van der Waals surface area contributed by atoms with Gasteiger partial charge in [0.05, 0.1) is 28.2 Å². The Bertz CT molecular complexity index is 949. The van der Waals surface area contributed by atoms with E-state index in [-0.39, 0.29) is 15.7 Å². The van der Waals surface area contributed by atoms with E-state index in [2.05, 4.69) is 10.5 Å². The zero-order valence-corrected chi connectivity index (χ0v) is 16.6. The summed E-state index contributed by atoms with van der Waals surface area (Å²) >= 11 is 17.6. The molecule has 10 heteroatoms. The number of hydrogen-bond acceptors (Lipinski definition) is 4. The maximum Gasteiger partial charge on any atom is 0.260 e. The minimum atomic E-state index is -3.72. The van der Waals surface area contributed by atoms with Gasteiger partial charge in [0, 0.05) is 5.02 Å². The number of rotatable bonds is 6. The third kappa shape index (κ3) is 5.88. The van der Waals surface area contributed by atoms with Gasteiger partial charge in [0.2, 0.25) is 10.0 Å². The third-order valence-electron chi connectivity index (χ3n) is 3.13. The number of benzene rings is 2. The van der Waals surface area contributed by atoms with E-state index < -0.39 is 22.5 Å². The van der Waals surface area contributed by atoms with Crippen molar-refractivity contribution in [2.75, 3.05) is 17.1 Å². The van der Waals surface area contributed by atoms with E-state index in [1.807, 2.05) is 0 Å². The van der Waals surface area contributed by atoms with Crippen molar-refractivity contribution in [3.63, 3.8) is 0 Å². The Labute approximate surface area is 166 Å². The Morgan fingerprint density at radius 2 is 1.88 bits per heavy atom. The largest absolute Gasteiger partial charge is 0.271 e. The number of hydrazone groups is 1. The first-order valence-electron chi connectivity index (χ1n) is 7.17. The van der Waals surface area contributed by atoms with Crippen LogP contribution in [-0.4, -0.2) is 33.3 Å². The van der Waals surface area contributed by atoms with Crippen molar-refractivity contribution in [1.82, 2.24) is 5.43 Å². The molecule has 0 aliphatic carbocycles. The molecule has 0 aliphatic rings. The molecule has 0 atom stereocenters. The van der Waals surface area contributed by atoms with Crippen molar-refractivity contribution >= 4 is 62.6 Å². The Kier molecular flexibility index (Phi) is 6.88. The van der Waals surface area contributed by atoms with Crippen LogP contribution in [0.25, 0.3) is 0 Å². The number of nitrogens with one attached hydrogen (secondary N) is 1. The zero-order valence-electron chi connectivity index (χ0n) is 13.5. The Hall–Kier alpha value is -1.80. The van der Waals surface area contributed by atoms with E-state index in [9.17, 15) is 13.2 Å². The summed E-state index contributed by atoms with van der Waals surface area (Å²) in [7, 11) is -3.72. The molecule has 138 valence electrons. The smallest absolute Gasteiger partial charge is 0.260 e. The molecule has 1 amide bonds. The molecular formula is C16H14Cl3N3O3S. The monoisotopic (exact) mass is 433 g/mol. The Balaban J connectivity index is 2.11. The maximum atomic E-state index is 12.1. The summed E-state index contributed by atoms with van der Waals surface area (Å²) in [6, 6.07) is 11.1. The van der Waals surface area contributed by atoms with Gasteiger partial charge in [-0.3, -0.25) is 9.10 Å². The predicted molar refractivity (Wildman–Crippen MR) is 106 cm³/mol. The lowest BCUT2D eigenvalue weighted by atomic mass is 10.2. The molecule has 0 aromatic heterocycles. The van der Waals surface area contributed by atoms with Gasteiger partial charge in [-0.25, -0.2) is 13.8 Å². The molecule has 1 N–H and O–H groups in total. The molecule has 2 aromatic carbocycles. The number of amides is 1. The fraction of sp³-hybridized carbons (Fsp3) is 0.125. The molecule has 0 spiro atoms. The van der Waals surface area contributed by atoms with Gasteiger partial charge >= 0.3 is 0 Å². The van der Waals surface area contributed by atoms with Crippen LogP contribution in [0.3, 0.4) is 0 Å². The average molecular weight is 435 g/mol. The van der Waals surface area contributed by atoms with Gasteiger partial charge in [-0.15, -0.1) is 0 Å². The summed E-state index contributed by atoms with van der Waals surface area (Å²) in [6.45, 7) is -0.469. The SMILES string of the molecule is CS(=O)(=O)N(CC(=O)N/N=C\c1cccc(Cl)c1)c1ccc(Cl)c(Cl)c1. The van der Waals surface area contributed by atoms with Gasteiger partial charge in [0.1, 0.15) is 6.54 Å². The highest BCUT2D eigenvalue weighted by molar-refractivity contribution is 7.92. The van der Waals surface area contributed by atoms with Crippen LogP contribution in [0.2, 0.25) is 15.1 Å². The van der Waals surface area contributed by atoms with E-state index >= 15 is 0 Å². The normalized spacial score (nSPS) is 11.5. The second-order valence-corrected chi connectivity index (χ2v) is 8.37. The average Bonchev–Trinajstić information content (AvgIpc) is 2.54. The Morgan fingerprint density at radius 1 is 1.15 bits per heavy atom. The van der Waals surface area contributed by atoms with Crippen molar-refractivity contribution in [3.05, 3.63) is 63.1 Å². The summed E-state index contributed by atoms with van der Waals surface area (Å²) in [4.78, 5) is 12.1. The van der Waals surface area contributed by atoms with Crippen LogP contribution < -0.4 is 9.73 Å². The van der Waals surface area contributed by atoms with E-state index in [1.54, 1.807) is 24.3 Å². The van der Waals surface area contributed by atoms with Gasteiger partial charge in [-0.1, -0.05) is 46.9 Å². The van der Waals surface area contributed by atoms with Crippen LogP contribution in [0.4, 0.5) is 5.69 Å². The molecule has 2 aromatic rings. The van der Waals surface area contributed by atoms with Gasteiger partial charge in [-0.2, -0.15) is 5.10 Å². The van der Waals surface area contributed by atoms with Crippen molar-refractivity contribution in [2.24, 2.45) is 5.10 Å². The highest BCUT2D eigenvalue weighted by Gasteiger charge is 2.21. The summed E-state index contributed by atoms with van der Waals surface area (Å²) in [5.41, 5.74) is 3.17. The van der Waals surface area contributed by atoms with Gasteiger partial charge in [-0.05, 0) is 35.9 Å². The quantitative estimate of drug-likeness (QED) is 0.558. The molecule has 0 aliphatic heterocycles. The number of anilines is 1. The standard InChI is InChI=1S/C16H14Cl3N3O3S/c1-26(24,25)22(13-5-6-14(18)15(19)8-13)10-16(23)21-20-9-11-3-2-4-12(17)7-11/h2-9H,10H2,1H3,(H,21,23)/b20-9-. The van der Waals surface area contributed by atoms with Gasteiger partial charge in [0.25, 0.3) is 5.91 Å². The molecule has 0 fully saturated rings. The molecule has 0 bridgehead atoms. The lowest BCUT2D eigenvalue weighted by molar-refractivity contribution is -0.119. The van der Waals surface area contributed by atoms with Crippen LogP contribution in [0.5, 0.6) is 0 Å². The second kappa shape index (κ2) is 8.73. The fourth-order valence-corrected chi connectivity index (χ4v) is 3.31. The summed E-state index contributed by atoms with van der Waals surface area (Å²) < 4.78 is 24.9. The molecular weight excluding hydrogens is 421 g/mol. The van der Waals surface area contributed by atoms with Crippen LogP contribution in [0, 0.1) is 0 Å². The lowest BCUT2D eigenvalue weighted by Gasteiger charge is -2.21. The highest BCUT2D eigenvalue weighted by atomic mass is 35.5. The molecule has 26 heavy (non-hydrogen) atoms. The molecule has 0 unspecified atom stereocenters. The molecule has 0 saturated carbocycles. The number of sulfonamides is 1. The first-order chi connectivity index (χ1) is 12.2. The van der Waals surface area contributed by atoms with Crippen LogP contribution >= 0.6 is 34.8 Å². The number of halogens is 3. The fourth-order valence-electron chi connectivity index (χ4n) is 1.97. The minimum Gasteiger partial charge on any atom is -0.271 e.